The number of hydrogen-bond donors (Lipinski definition) is 2. The van der Waals surface area contributed by atoms with Crippen molar-refractivity contribution in [3.8, 4) is 0 Å². The zero-order valence-corrected chi connectivity index (χ0v) is 11.8. The van der Waals surface area contributed by atoms with Gasteiger partial charge in [0.15, 0.2) is 0 Å². The first-order chi connectivity index (χ1) is 9.52. The van der Waals surface area contributed by atoms with Crippen LogP contribution in [-0.2, 0) is 6.54 Å². The van der Waals surface area contributed by atoms with Crippen molar-refractivity contribution < 1.29 is 9.90 Å². The molecule has 0 radical (unpaired) electrons. The molecule has 0 aliphatic carbocycles. The molecule has 2 N–H and O–H groups in total. The Bertz CT molecular complexity index is 573. The Kier molecular flexibility index (Phi) is 4.25. The van der Waals surface area contributed by atoms with Gasteiger partial charge in [0.25, 0.3) is 5.91 Å². The summed E-state index contributed by atoms with van der Waals surface area (Å²) < 4.78 is 1.90. The number of aliphatic hydroxyl groups is 1. The van der Waals surface area contributed by atoms with E-state index in [4.69, 9.17) is 0 Å². The maximum Gasteiger partial charge on any atom is 0.268 e. The lowest BCUT2D eigenvalue weighted by Gasteiger charge is -2.23. The zero-order valence-electron chi connectivity index (χ0n) is 11.8. The Hall–Kier alpha value is -2.07. The molecular weight excluding hydrogens is 252 g/mol. The Morgan fingerprint density at radius 1 is 1.20 bits per heavy atom. The summed E-state index contributed by atoms with van der Waals surface area (Å²) >= 11 is 0. The number of nitrogens with one attached hydrogen (secondary N) is 1. The number of aliphatic hydroxyl groups excluding tert-OH is 1. The van der Waals surface area contributed by atoms with E-state index in [2.05, 4.69) is 5.32 Å². The second-order valence-electron chi connectivity index (χ2n) is 5.50. The van der Waals surface area contributed by atoms with Gasteiger partial charge in [-0.05, 0) is 31.5 Å². The SMILES string of the molecule is CC(C)(CO)NC(=O)c1cccn1Cc1ccccc1. The van der Waals surface area contributed by atoms with E-state index in [1.807, 2.05) is 47.2 Å². The molecule has 0 aliphatic heterocycles. The smallest absolute Gasteiger partial charge is 0.268 e. The predicted octanol–water partition coefficient (Wildman–Crippen LogP) is 2.04. The molecule has 20 heavy (non-hydrogen) atoms. The fraction of sp³-hybridized carbons (Fsp3) is 0.312. The molecular formula is C16H20N2O2. The molecule has 4 nitrogen and oxygen atoms in total. The van der Waals surface area contributed by atoms with Crippen LogP contribution in [0.2, 0.25) is 0 Å². The monoisotopic (exact) mass is 272 g/mol. The van der Waals surface area contributed by atoms with E-state index in [1.165, 1.54) is 0 Å². The number of rotatable bonds is 5. The fourth-order valence-electron chi connectivity index (χ4n) is 1.95. The van der Waals surface area contributed by atoms with Crippen LogP contribution in [0.15, 0.2) is 48.7 Å². The van der Waals surface area contributed by atoms with E-state index < -0.39 is 5.54 Å². The summed E-state index contributed by atoms with van der Waals surface area (Å²) in [6.45, 7) is 4.12. The molecule has 0 unspecified atom stereocenters. The minimum absolute atomic E-state index is 0.0991. The summed E-state index contributed by atoms with van der Waals surface area (Å²) in [4.78, 5) is 12.2. The van der Waals surface area contributed by atoms with Crippen LogP contribution in [0.4, 0.5) is 0 Å². The second-order valence-corrected chi connectivity index (χ2v) is 5.50. The van der Waals surface area contributed by atoms with Gasteiger partial charge in [-0.15, -0.1) is 0 Å². The van der Waals surface area contributed by atoms with Crippen molar-refractivity contribution in [1.29, 1.82) is 0 Å². The van der Waals surface area contributed by atoms with Crippen molar-refractivity contribution in [1.82, 2.24) is 9.88 Å². The molecule has 0 saturated carbocycles. The highest BCUT2D eigenvalue weighted by molar-refractivity contribution is 5.93. The standard InChI is InChI=1S/C16H20N2O2/c1-16(2,12-19)17-15(20)14-9-6-10-18(14)11-13-7-4-3-5-8-13/h3-10,19H,11-12H2,1-2H3,(H,17,20). The van der Waals surface area contributed by atoms with Gasteiger partial charge in [-0.3, -0.25) is 4.79 Å². The lowest BCUT2D eigenvalue weighted by molar-refractivity contribution is 0.0860. The van der Waals surface area contributed by atoms with Crippen LogP contribution in [0.25, 0.3) is 0 Å². The van der Waals surface area contributed by atoms with Crippen LogP contribution in [0, 0.1) is 0 Å². The van der Waals surface area contributed by atoms with Gasteiger partial charge in [0, 0.05) is 12.7 Å². The quantitative estimate of drug-likeness (QED) is 0.875. The van der Waals surface area contributed by atoms with Crippen LogP contribution in [0.3, 0.4) is 0 Å². The molecule has 1 aromatic carbocycles. The molecule has 0 bridgehead atoms. The number of aromatic nitrogens is 1. The Labute approximate surface area is 119 Å². The molecule has 0 saturated heterocycles. The second kappa shape index (κ2) is 5.92. The summed E-state index contributed by atoms with van der Waals surface area (Å²) in [5.41, 5.74) is 1.11. The number of amides is 1. The minimum Gasteiger partial charge on any atom is -0.394 e. The lowest BCUT2D eigenvalue weighted by atomic mass is 10.1. The number of benzene rings is 1. The first-order valence-electron chi connectivity index (χ1n) is 6.64. The highest BCUT2D eigenvalue weighted by Gasteiger charge is 2.21. The van der Waals surface area contributed by atoms with E-state index in [1.54, 1.807) is 19.9 Å². The van der Waals surface area contributed by atoms with Crippen LogP contribution in [-0.4, -0.2) is 27.7 Å². The number of carbonyl (C=O) groups is 1. The summed E-state index contributed by atoms with van der Waals surface area (Å²) in [6.07, 6.45) is 1.88. The van der Waals surface area contributed by atoms with Crippen molar-refractivity contribution in [3.63, 3.8) is 0 Å². The topological polar surface area (TPSA) is 54.3 Å². The zero-order chi connectivity index (χ0) is 14.6. The van der Waals surface area contributed by atoms with E-state index in [0.717, 1.165) is 5.56 Å². The first-order valence-corrected chi connectivity index (χ1v) is 6.64. The summed E-state index contributed by atoms with van der Waals surface area (Å²) in [6, 6.07) is 13.6. The molecule has 1 amide bonds. The minimum atomic E-state index is -0.626. The predicted molar refractivity (Wildman–Crippen MR) is 78.6 cm³/mol. The van der Waals surface area contributed by atoms with E-state index in [0.29, 0.717) is 12.2 Å². The van der Waals surface area contributed by atoms with Crippen molar-refractivity contribution in [2.45, 2.75) is 25.9 Å². The molecule has 2 rings (SSSR count). The van der Waals surface area contributed by atoms with Crippen LogP contribution in [0.1, 0.15) is 29.9 Å². The highest BCUT2D eigenvalue weighted by atomic mass is 16.3. The largest absolute Gasteiger partial charge is 0.394 e. The van der Waals surface area contributed by atoms with E-state index in [9.17, 15) is 9.90 Å². The van der Waals surface area contributed by atoms with Gasteiger partial charge in [-0.1, -0.05) is 30.3 Å². The van der Waals surface area contributed by atoms with Crippen molar-refractivity contribution in [2.24, 2.45) is 0 Å². The molecule has 0 spiro atoms. The average Bonchev–Trinajstić information content (AvgIpc) is 2.88. The molecule has 0 fully saturated rings. The van der Waals surface area contributed by atoms with Gasteiger partial charge in [0.1, 0.15) is 5.69 Å². The Morgan fingerprint density at radius 3 is 2.55 bits per heavy atom. The molecule has 4 heteroatoms. The molecule has 2 aromatic rings. The number of carbonyl (C=O) groups excluding carboxylic acids is 1. The maximum atomic E-state index is 12.2. The van der Waals surface area contributed by atoms with Crippen molar-refractivity contribution in [2.75, 3.05) is 6.61 Å². The molecule has 0 atom stereocenters. The fourth-order valence-corrected chi connectivity index (χ4v) is 1.95. The van der Waals surface area contributed by atoms with Crippen molar-refractivity contribution in [3.05, 3.63) is 59.9 Å². The summed E-state index contributed by atoms with van der Waals surface area (Å²) in [7, 11) is 0. The normalized spacial score (nSPS) is 11.3. The molecule has 1 aromatic heterocycles. The van der Waals surface area contributed by atoms with Gasteiger partial charge < -0.3 is 15.0 Å². The molecule has 1 heterocycles. The Balaban J connectivity index is 2.14. The van der Waals surface area contributed by atoms with E-state index in [-0.39, 0.29) is 12.5 Å². The lowest BCUT2D eigenvalue weighted by Crippen LogP contribution is -2.46. The van der Waals surface area contributed by atoms with Crippen molar-refractivity contribution >= 4 is 5.91 Å². The molecule has 0 aliphatic rings. The van der Waals surface area contributed by atoms with Gasteiger partial charge in [0.2, 0.25) is 0 Å². The first kappa shape index (κ1) is 14.3. The van der Waals surface area contributed by atoms with Gasteiger partial charge in [-0.25, -0.2) is 0 Å². The summed E-state index contributed by atoms with van der Waals surface area (Å²) in [5.74, 6) is -0.176. The number of nitrogens with zero attached hydrogens (tertiary/aromatic N) is 1. The average molecular weight is 272 g/mol. The summed E-state index contributed by atoms with van der Waals surface area (Å²) in [5, 5.41) is 12.0. The Morgan fingerprint density at radius 2 is 1.90 bits per heavy atom. The third-order valence-electron chi connectivity index (χ3n) is 3.11. The van der Waals surface area contributed by atoms with Gasteiger partial charge in [-0.2, -0.15) is 0 Å². The maximum absolute atomic E-state index is 12.2. The van der Waals surface area contributed by atoms with Crippen LogP contribution in [0.5, 0.6) is 0 Å². The van der Waals surface area contributed by atoms with Gasteiger partial charge >= 0.3 is 0 Å². The number of hydrogen-bond acceptors (Lipinski definition) is 2. The highest BCUT2D eigenvalue weighted by Crippen LogP contribution is 2.10. The van der Waals surface area contributed by atoms with E-state index >= 15 is 0 Å². The third-order valence-corrected chi connectivity index (χ3v) is 3.11. The van der Waals surface area contributed by atoms with Crippen LogP contribution >= 0.6 is 0 Å². The third kappa shape index (κ3) is 3.48. The van der Waals surface area contributed by atoms with Crippen LogP contribution < -0.4 is 5.32 Å². The van der Waals surface area contributed by atoms with Gasteiger partial charge in [0.05, 0.1) is 12.1 Å². The molecule has 106 valence electrons.